The summed E-state index contributed by atoms with van der Waals surface area (Å²) in [6.45, 7) is 6.27. The van der Waals surface area contributed by atoms with Crippen molar-refractivity contribution in [3.8, 4) is 11.3 Å². The predicted molar refractivity (Wildman–Crippen MR) is 142 cm³/mol. The Balaban J connectivity index is 1.17. The van der Waals surface area contributed by atoms with E-state index in [4.69, 9.17) is 25.8 Å². The van der Waals surface area contributed by atoms with Crippen LogP contribution in [0.4, 0.5) is 10.2 Å². The topological polar surface area (TPSA) is 77.5 Å². The first-order chi connectivity index (χ1) is 18.0. The zero-order valence-corrected chi connectivity index (χ0v) is 22.4. The molecule has 2 N–H and O–H groups in total. The number of pyridine rings is 2. The molecule has 5 rings (SSSR count). The van der Waals surface area contributed by atoms with Crippen LogP contribution in [0.5, 0.6) is 0 Å². The molecule has 0 spiro atoms. The molecule has 2 aliphatic heterocycles. The lowest BCUT2D eigenvalue weighted by Crippen LogP contribution is -2.44. The fraction of sp³-hybridized carbons (Fsp3) is 0.643. The molecular weight excluding hydrogens is 495 g/mol. The number of halogens is 2. The SMILES string of the molecule is CC1(CNC2CCC(Cc3cc(-c4ccc(F)c(NCC5CCOCC5)n4)c(Cl)cn3)CC2)OCCO1. The second-order valence-corrected chi connectivity index (χ2v) is 11.2. The molecule has 0 radical (unpaired) electrons. The largest absolute Gasteiger partial charge is 0.381 e. The third-order valence-electron chi connectivity index (χ3n) is 7.89. The summed E-state index contributed by atoms with van der Waals surface area (Å²) < 4.78 is 31.3. The van der Waals surface area contributed by atoms with Crippen LogP contribution in [-0.4, -0.2) is 61.3 Å². The van der Waals surface area contributed by atoms with Crippen LogP contribution in [-0.2, 0) is 20.6 Å². The molecule has 9 heteroatoms. The second kappa shape index (κ2) is 12.3. The molecule has 4 heterocycles. The summed E-state index contributed by atoms with van der Waals surface area (Å²) in [5.41, 5.74) is 2.45. The number of rotatable bonds is 9. The van der Waals surface area contributed by atoms with Crippen molar-refractivity contribution in [3.05, 3.63) is 40.9 Å². The van der Waals surface area contributed by atoms with E-state index < -0.39 is 5.79 Å². The summed E-state index contributed by atoms with van der Waals surface area (Å²) in [5.74, 6) is 0.465. The number of hydrogen-bond donors (Lipinski definition) is 2. The zero-order chi connectivity index (χ0) is 25.7. The smallest absolute Gasteiger partial charge is 0.178 e. The Hall–Kier alpha value is -1.84. The van der Waals surface area contributed by atoms with Crippen LogP contribution < -0.4 is 10.6 Å². The number of aromatic nitrogens is 2. The van der Waals surface area contributed by atoms with Gasteiger partial charge in [-0.05, 0) is 81.9 Å². The zero-order valence-electron chi connectivity index (χ0n) is 21.6. The molecule has 3 fully saturated rings. The van der Waals surface area contributed by atoms with Gasteiger partial charge in [0.2, 0.25) is 0 Å². The number of ether oxygens (including phenoxy) is 3. The Labute approximate surface area is 223 Å². The molecule has 7 nitrogen and oxygen atoms in total. The molecule has 37 heavy (non-hydrogen) atoms. The minimum Gasteiger partial charge on any atom is -0.381 e. The summed E-state index contributed by atoms with van der Waals surface area (Å²) in [7, 11) is 0. The Bertz CT molecular complexity index is 1040. The number of anilines is 1. The Morgan fingerprint density at radius 3 is 2.54 bits per heavy atom. The van der Waals surface area contributed by atoms with Gasteiger partial charge in [-0.2, -0.15) is 0 Å². The van der Waals surface area contributed by atoms with Crippen molar-refractivity contribution in [3.63, 3.8) is 0 Å². The number of nitrogens with one attached hydrogen (secondary N) is 2. The monoisotopic (exact) mass is 532 g/mol. The Kier molecular flexibility index (Phi) is 8.93. The van der Waals surface area contributed by atoms with Crippen molar-refractivity contribution < 1.29 is 18.6 Å². The van der Waals surface area contributed by atoms with Gasteiger partial charge in [-0.25, -0.2) is 9.37 Å². The van der Waals surface area contributed by atoms with Gasteiger partial charge >= 0.3 is 0 Å². The second-order valence-electron chi connectivity index (χ2n) is 10.8. The standard InChI is InChI=1S/C28H38ClFN4O3/c1-28(36-12-13-37-28)18-33-21-4-2-19(3-5-21)14-22-15-23(24(29)17-31-22)26-7-6-25(30)27(34-26)32-16-20-8-10-35-11-9-20/h6-7,15,17,19-21,33H,2-5,8-14,16,18H2,1H3,(H,32,34). The van der Waals surface area contributed by atoms with E-state index in [1.807, 2.05) is 13.0 Å². The van der Waals surface area contributed by atoms with Gasteiger partial charge in [0.05, 0.1) is 23.9 Å². The maximum Gasteiger partial charge on any atom is 0.178 e. The summed E-state index contributed by atoms with van der Waals surface area (Å²) in [5, 5.41) is 7.36. The van der Waals surface area contributed by atoms with E-state index in [1.165, 1.54) is 6.07 Å². The van der Waals surface area contributed by atoms with Gasteiger partial charge in [0.25, 0.3) is 0 Å². The summed E-state index contributed by atoms with van der Waals surface area (Å²) >= 11 is 6.52. The molecule has 0 unspecified atom stereocenters. The fourth-order valence-corrected chi connectivity index (χ4v) is 5.75. The molecular formula is C28H38ClFN4O3. The minimum atomic E-state index is -0.491. The van der Waals surface area contributed by atoms with Gasteiger partial charge in [-0.1, -0.05) is 11.6 Å². The quantitative estimate of drug-likeness (QED) is 0.458. The van der Waals surface area contributed by atoms with Crippen LogP contribution in [0.15, 0.2) is 24.4 Å². The van der Waals surface area contributed by atoms with Crippen molar-refractivity contribution in [1.29, 1.82) is 0 Å². The Morgan fingerprint density at radius 2 is 1.78 bits per heavy atom. The molecule has 202 valence electrons. The van der Waals surface area contributed by atoms with Gasteiger partial charge < -0.3 is 24.8 Å². The number of hydrogen-bond acceptors (Lipinski definition) is 7. The third-order valence-corrected chi connectivity index (χ3v) is 8.19. The van der Waals surface area contributed by atoms with Gasteiger partial charge in [0, 0.05) is 49.8 Å². The molecule has 2 saturated heterocycles. The highest BCUT2D eigenvalue weighted by atomic mass is 35.5. The molecule has 1 saturated carbocycles. The van der Waals surface area contributed by atoms with Crippen LogP contribution in [0.2, 0.25) is 5.02 Å². The highest BCUT2D eigenvalue weighted by molar-refractivity contribution is 6.33. The first-order valence-corrected chi connectivity index (χ1v) is 14.0. The lowest BCUT2D eigenvalue weighted by molar-refractivity contribution is -0.139. The molecule has 1 aliphatic carbocycles. The molecule has 2 aromatic heterocycles. The van der Waals surface area contributed by atoms with E-state index in [2.05, 4.69) is 20.6 Å². The first-order valence-electron chi connectivity index (χ1n) is 13.6. The van der Waals surface area contributed by atoms with Crippen molar-refractivity contribution in [2.45, 2.75) is 63.7 Å². The molecule has 2 aromatic rings. The van der Waals surface area contributed by atoms with Gasteiger partial charge in [-0.15, -0.1) is 0 Å². The molecule has 0 atom stereocenters. The van der Waals surface area contributed by atoms with E-state index in [0.29, 0.717) is 48.4 Å². The molecule has 0 aromatic carbocycles. The van der Waals surface area contributed by atoms with E-state index in [0.717, 1.165) is 76.0 Å². The first kappa shape index (κ1) is 26.8. The number of nitrogens with zero attached hydrogens (tertiary/aromatic N) is 2. The van der Waals surface area contributed by atoms with Crippen molar-refractivity contribution >= 4 is 17.4 Å². The van der Waals surface area contributed by atoms with E-state index in [-0.39, 0.29) is 11.6 Å². The summed E-state index contributed by atoms with van der Waals surface area (Å²) in [6.07, 6.45) is 9.10. The van der Waals surface area contributed by atoms with Crippen molar-refractivity contribution in [2.75, 3.05) is 44.8 Å². The van der Waals surface area contributed by atoms with E-state index in [1.54, 1.807) is 12.3 Å². The van der Waals surface area contributed by atoms with Crippen LogP contribution in [0.25, 0.3) is 11.3 Å². The lowest BCUT2D eigenvalue weighted by atomic mass is 9.83. The third kappa shape index (κ3) is 7.18. The fourth-order valence-electron chi connectivity index (χ4n) is 5.55. The molecule has 0 bridgehead atoms. The summed E-state index contributed by atoms with van der Waals surface area (Å²) in [6, 6.07) is 5.66. The molecule has 3 aliphatic rings. The normalized spacial score (nSPS) is 24.3. The lowest BCUT2D eigenvalue weighted by Gasteiger charge is -2.32. The maximum absolute atomic E-state index is 14.5. The van der Waals surface area contributed by atoms with E-state index in [9.17, 15) is 4.39 Å². The molecule has 0 amide bonds. The van der Waals surface area contributed by atoms with Gasteiger partial charge in [-0.3, -0.25) is 4.98 Å². The Morgan fingerprint density at radius 1 is 1.03 bits per heavy atom. The predicted octanol–water partition coefficient (Wildman–Crippen LogP) is 5.23. The van der Waals surface area contributed by atoms with Crippen LogP contribution in [0.1, 0.15) is 51.1 Å². The van der Waals surface area contributed by atoms with Gasteiger partial charge in [0.1, 0.15) is 0 Å². The van der Waals surface area contributed by atoms with Crippen LogP contribution >= 0.6 is 11.6 Å². The van der Waals surface area contributed by atoms with Crippen molar-refractivity contribution in [1.82, 2.24) is 15.3 Å². The van der Waals surface area contributed by atoms with Crippen LogP contribution in [0.3, 0.4) is 0 Å². The van der Waals surface area contributed by atoms with Crippen molar-refractivity contribution in [2.24, 2.45) is 11.8 Å². The highest BCUT2D eigenvalue weighted by Crippen LogP contribution is 2.32. The minimum absolute atomic E-state index is 0.270. The average molecular weight is 533 g/mol. The van der Waals surface area contributed by atoms with E-state index >= 15 is 0 Å². The maximum atomic E-state index is 14.5. The van der Waals surface area contributed by atoms with Gasteiger partial charge in [0.15, 0.2) is 17.4 Å². The average Bonchev–Trinajstić information content (AvgIpc) is 3.36. The van der Waals surface area contributed by atoms with Crippen LogP contribution in [0, 0.1) is 17.7 Å². The summed E-state index contributed by atoms with van der Waals surface area (Å²) in [4.78, 5) is 9.19. The highest BCUT2D eigenvalue weighted by Gasteiger charge is 2.32.